The number of alkyl halides is 1. The molecular formula is C19H17F2NO2. The second-order valence-electron chi connectivity index (χ2n) is 5.74. The van der Waals surface area contributed by atoms with Gasteiger partial charge >= 0.3 is 5.97 Å². The van der Waals surface area contributed by atoms with Crippen LogP contribution in [0.25, 0.3) is 11.1 Å². The van der Waals surface area contributed by atoms with Crippen molar-refractivity contribution in [2.75, 3.05) is 6.61 Å². The smallest absolute Gasteiger partial charge is 0.313 e. The van der Waals surface area contributed by atoms with Crippen molar-refractivity contribution in [3.8, 4) is 17.2 Å². The van der Waals surface area contributed by atoms with Gasteiger partial charge in [-0.2, -0.15) is 5.26 Å². The van der Waals surface area contributed by atoms with E-state index in [0.717, 1.165) is 12.5 Å². The number of carbonyl (C=O) groups is 1. The summed E-state index contributed by atoms with van der Waals surface area (Å²) < 4.78 is 32.6. The molecule has 0 saturated carbocycles. The zero-order chi connectivity index (χ0) is 17.7. The molecule has 1 unspecified atom stereocenters. The zero-order valence-electron chi connectivity index (χ0n) is 13.4. The maximum atomic E-state index is 14.3. The lowest BCUT2D eigenvalue weighted by Crippen LogP contribution is -2.26. The van der Waals surface area contributed by atoms with E-state index < -0.39 is 30.0 Å². The molecule has 0 N–H and O–H groups in total. The highest BCUT2D eigenvalue weighted by Gasteiger charge is 2.27. The van der Waals surface area contributed by atoms with Gasteiger partial charge in [0.25, 0.3) is 0 Å². The van der Waals surface area contributed by atoms with Gasteiger partial charge in [0.15, 0.2) is 0 Å². The lowest BCUT2D eigenvalue weighted by Gasteiger charge is -2.16. The average Bonchev–Trinajstić information content (AvgIpc) is 2.59. The van der Waals surface area contributed by atoms with Gasteiger partial charge in [-0.25, -0.2) is 8.78 Å². The topological polar surface area (TPSA) is 50.1 Å². The number of rotatable bonds is 5. The van der Waals surface area contributed by atoms with Crippen LogP contribution in [0.1, 0.15) is 25.3 Å². The van der Waals surface area contributed by atoms with E-state index in [1.807, 2.05) is 18.2 Å². The van der Waals surface area contributed by atoms with Crippen molar-refractivity contribution < 1.29 is 18.3 Å². The first-order valence-electron chi connectivity index (χ1n) is 7.46. The van der Waals surface area contributed by atoms with E-state index in [4.69, 9.17) is 10.00 Å². The molecule has 2 aromatic rings. The number of ether oxygens (including phenoxy) is 1. The molecule has 2 rings (SSSR count). The first kappa shape index (κ1) is 17.6. The van der Waals surface area contributed by atoms with Crippen molar-refractivity contribution >= 4 is 5.97 Å². The number of esters is 1. The van der Waals surface area contributed by atoms with Gasteiger partial charge in [0.2, 0.25) is 5.67 Å². The van der Waals surface area contributed by atoms with Gasteiger partial charge < -0.3 is 4.74 Å². The van der Waals surface area contributed by atoms with Crippen molar-refractivity contribution in [1.82, 2.24) is 0 Å². The van der Waals surface area contributed by atoms with Crippen LogP contribution in [-0.4, -0.2) is 18.2 Å². The van der Waals surface area contributed by atoms with Gasteiger partial charge in [-0.1, -0.05) is 42.5 Å². The predicted octanol–water partition coefficient (Wildman–Crippen LogP) is 4.39. The summed E-state index contributed by atoms with van der Waals surface area (Å²) in [6, 6.07) is 15.0. The molecule has 0 bridgehead atoms. The SMILES string of the molecule is CC(C(=O)OC[C@@](C)(F)C#N)c1ccc(-c2ccccc2)c(F)c1. The van der Waals surface area contributed by atoms with Crippen LogP contribution in [0.3, 0.4) is 0 Å². The van der Waals surface area contributed by atoms with Gasteiger partial charge in [-0.05, 0) is 31.0 Å². The third-order valence-electron chi connectivity index (χ3n) is 3.65. The second-order valence-corrected chi connectivity index (χ2v) is 5.74. The first-order valence-corrected chi connectivity index (χ1v) is 7.46. The monoisotopic (exact) mass is 329 g/mol. The Morgan fingerprint density at radius 2 is 1.96 bits per heavy atom. The fraction of sp³-hybridized carbons (Fsp3) is 0.263. The van der Waals surface area contributed by atoms with E-state index in [9.17, 15) is 13.6 Å². The van der Waals surface area contributed by atoms with E-state index in [2.05, 4.69) is 0 Å². The molecule has 0 spiro atoms. The third-order valence-corrected chi connectivity index (χ3v) is 3.65. The highest BCUT2D eigenvalue weighted by Crippen LogP contribution is 2.27. The Labute approximate surface area is 139 Å². The quantitative estimate of drug-likeness (QED) is 0.764. The van der Waals surface area contributed by atoms with Gasteiger partial charge in [-0.15, -0.1) is 0 Å². The zero-order valence-corrected chi connectivity index (χ0v) is 13.4. The Bertz CT molecular complexity index is 767. The van der Waals surface area contributed by atoms with Crippen molar-refractivity contribution in [3.63, 3.8) is 0 Å². The Balaban J connectivity index is 2.14. The summed E-state index contributed by atoms with van der Waals surface area (Å²) in [5, 5.41) is 8.57. The molecule has 0 aliphatic carbocycles. The van der Waals surface area contributed by atoms with Crippen LogP contribution in [0, 0.1) is 17.1 Å². The molecule has 24 heavy (non-hydrogen) atoms. The molecule has 0 radical (unpaired) electrons. The van der Waals surface area contributed by atoms with Crippen molar-refractivity contribution in [2.45, 2.75) is 25.4 Å². The van der Waals surface area contributed by atoms with Crippen LogP contribution < -0.4 is 0 Å². The minimum Gasteiger partial charge on any atom is -0.461 e. The average molecular weight is 329 g/mol. The van der Waals surface area contributed by atoms with Crippen LogP contribution in [0.5, 0.6) is 0 Å². The molecule has 0 saturated heterocycles. The highest BCUT2D eigenvalue weighted by atomic mass is 19.1. The van der Waals surface area contributed by atoms with E-state index in [-0.39, 0.29) is 0 Å². The van der Waals surface area contributed by atoms with E-state index in [1.54, 1.807) is 31.2 Å². The molecule has 0 heterocycles. The van der Waals surface area contributed by atoms with Crippen LogP contribution in [0.15, 0.2) is 48.5 Å². The molecule has 0 amide bonds. The summed E-state index contributed by atoms with van der Waals surface area (Å²) in [5.41, 5.74) is -0.646. The maximum absolute atomic E-state index is 14.3. The normalized spacial score (nSPS) is 14.3. The van der Waals surface area contributed by atoms with Gasteiger partial charge in [0.05, 0.1) is 5.92 Å². The standard InChI is InChI=1S/C19H17F2NO2/c1-13(18(23)24-12-19(2,21)11-22)15-8-9-16(17(20)10-15)14-6-4-3-5-7-14/h3-10,13H,12H2,1-2H3/t13?,19-/m0/s1. The van der Waals surface area contributed by atoms with Crippen LogP contribution >= 0.6 is 0 Å². The summed E-state index contributed by atoms with van der Waals surface area (Å²) in [5.74, 6) is -1.93. The van der Waals surface area contributed by atoms with Gasteiger partial charge in [0, 0.05) is 5.56 Å². The number of nitrogens with zero attached hydrogens (tertiary/aromatic N) is 1. The number of halogens is 2. The van der Waals surface area contributed by atoms with Crippen molar-refractivity contribution in [1.29, 1.82) is 5.26 Å². The van der Waals surface area contributed by atoms with Crippen molar-refractivity contribution in [2.24, 2.45) is 0 Å². The molecule has 0 aliphatic heterocycles. The molecule has 0 fully saturated rings. The van der Waals surface area contributed by atoms with Crippen LogP contribution in [-0.2, 0) is 9.53 Å². The molecule has 5 heteroatoms. The predicted molar refractivity (Wildman–Crippen MR) is 86.3 cm³/mol. The summed E-state index contributed by atoms with van der Waals surface area (Å²) >= 11 is 0. The van der Waals surface area contributed by atoms with Gasteiger partial charge in [0.1, 0.15) is 18.5 Å². The molecule has 2 atom stereocenters. The van der Waals surface area contributed by atoms with Crippen LogP contribution in [0.2, 0.25) is 0 Å². The summed E-state index contributed by atoms with van der Waals surface area (Å²) in [4.78, 5) is 12.0. The molecular weight excluding hydrogens is 312 g/mol. The lowest BCUT2D eigenvalue weighted by atomic mass is 9.97. The number of hydrogen-bond acceptors (Lipinski definition) is 3. The lowest BCUT2D eigenvalue weighted by molar-refractivity contribution is -0.147. The van der Waals surface area contributed by atoms with Gasteiger partial charge in [-0.3, -0.25) is 4.79 Å². The van der Waals surface area contributed by atoms with E-state index in [0.29, 0.717) is 11.1 Å². The van der Waals surface area contributed by atoms with E-state index in [1.165, 1.54) is 12.1 Å². The fourth-order valence-electron chi connectivity index (χ4n) is 2.15. The fourth-order valence-corrected chi connectivity index (χ4v) is 2.15. The molecule has 124 valence electrons. The summed E-state index contributed by atoms with van der Waals surface area (Å²) in [6.07, 6.45) is 0. The Morgan fingerprint density at radius 1 is 1.29 bits per heavy atom. The minimum atomic E-state index is -2.24. The summed E-state index contributed by atoms with van der Waals surface area (Å²) in [7, 11) is 0. The molecule has 2 aromatic carbocycles. The largest absolute Gasteiger partial charge is 0.461 e. The molecule has 0 aromatic heterocycles. The number of hydrogen-bond donors (Lipinski definition) is 0. The van der Waals surface area contributed by atoms with E-state index >= 15 is 0 Å². The Kier molecular flexibility index (Phi) is 5.30. The Morgan fingerprint density at radius 3 is 2.54 bits per heavy atom. The van der Waals surface area contributed by atoms with Crippen molar-refractivity contribution in [3.05, 3.63) is 59.9 Å². The first-order chi connectivity index (χ1) is 11.3. The number of benzene rings is 2. The maximum Gasteiger partial charge on any atom is 0.313 e. The minimum absolute atomic E-state index is 0.426. The summed E-state index contributed by atoms with van der Waals surface area (Å²) in [6.45, 7) is 1.91. The highest BCUT2D eigenvalue weighted by molar-refractivity contribution is 5.78. The number of carbonyl (C=O) groups excluding carboxylic acids is 1. The van der Waals surface area contributed by atoms with Crippen LogP contribution in [0.4, 0.5) is 8.78 Å². The number of nitriles is 1. The Hall–Kier alpha value is -2.74. The molecule has 3 nitrogen and oxygen atoms in total. The third kappa shape index (κ3) is 4.17. The second kappa shape index (κ2) is 7.22. The molecule has 0 aliphatic rings.